The van der Waals surface area contributed by atoms with Crippen LogP contribution in [0.2, 0.25) is 5.28 Å². The molecular formula is C10H5ClF2N2. The summed E-state index contributed by atoms with van der Waals surface area (Å²) < 4.78 is 26.0. The molecule has 0 aliphatic carbocycles. The van der Waals surface area contributed by atoms with Crippen LogP contribution in [0.5, 0.6) is 0 Å². The number of nitrogens with zero attached hydrogens (tertiary/aromatic N) is 2. The first kappa shape index (κ1) is 9.98. The molecule has 2 aromatic rings. The monoisotopic (exact) mass is 226 g/mol. The van der Waals surface area contributed by atoms with Crippen LogP contribution in [-0.2, 0) is 0 Å². The molecule has 15 heavy (non-hydrogen) atoms. The van der Waals surface area contributed by atoms with Crippen molar-refractivity contribution >= 4 is 11.6 Å². The minimum atomic E-state index is -0.676. The third-order valence-corrected chi connectivity index (χ3v) is 2.02. The van der Waals surface area contributed by atoms with E-state index in [-0.39, 0.29) is 10.8 Å². The fourth-order valence-electron chi connectivity index (χ4n) is 1.18. The van der Waals surface area contributed by atoms with Crippen LogP contribution >= 0.6 is 11.6 Å². The zero-order chi connectivity index (χ0) is 10.8. The Hall–Kier alpha value is -1.55. The molecule has 0 bridgehead atoms. The molecule has 0 amide bonds. The zero-order valence-electron chi connectivity index (χ0n) is 7.42. The number of rotatable bonds is 1. The van der Waals surface area contributed by atoms with Crippen molar-refractivity contribution in [2.75, 3.05) is 0 Å². The van der Waals surface area contributed by atoms with E-state index < -0.39 is 11.6 Å². The Morgan fingerprint density at radius 2 is 1.93 bits per heavy atom. The Bertz CT molecular complexity index is 503. The molecule has 2 nitrogen and oxygen atoms in total. The van der Waals surface area contributed by atoms with Crippen LogP contribution in [0.3, 0.4) is 0 Å². The van der Waals surface area contributed by atoms with E-state index in [4.69, 9.17) is 11.6 Å². The summed E-state index contributed by atoms with van der Waals surface area (Å²) >= 11 is 5.56. The smallest absolute Gasteiger partial charge is 0.222 e. The topological polar surface area (TPSA) is 25.8 Å². The fraction of sp³-hybridized carbons (Fsp3) is 0. The predicted molar refractivity (Wildman–Crippen MR) is 52.4 cm³/mol. The highest BCUT2D eigenvalue weighted by atomic mass is 35.5. The number of hydrogen-bond donors (Lipinski definition) is 0. The predicted octanol–water partition coefficient (Wildman–Crippen LogP) is 3.08. The van der Waals surface area contributed by atoms with Crippen molar-refractivity contribution in [3.8, 4) is 11.3 Å². The number of halogens is 3. The van der Waals surface area contributed by atoms with Crippen LogP contribution in [0.15, 0.2) is 30.5 Å². The highest BCUT2D eigenvalue weighted by Gasteiger charge is 2.07. The summed E-state index contributed by atoms with van der Waals surface area (Å²) in [5.74, 6) is -1.30. The lowest BCUT2D eigenvalue weighted by molar-refractivity contribution is 0.585. The van der Waals surface area contributed by atoms with Gasteiger partial charge in [0.2, 0.25) is 5.28 Å². The van der Waals surface area contributed by atoms with Gasteiger partial charge in [-0.3, -0.25) is 0 Å². The van der Waals surface area contributed by atoms with Gasteiger partial charge in [-0.2, -0.15) is 0 Å². The van der Waals surface area contributed by atoms with Crippen LogP contribution in [0.25, 0.3) is 11.3 Å². The normalized spacial score (nSPS) is 10.3. The molecule has 0 N–H and O–H groups in total. The summed E-state index contributed by atoms with van der Waals surface area (Å²) in [5.41, 5.74) is 0.521. The van der Waals surface area contributed by atoms with Gasteiger partial charge in [-0.25, -0.2) is 18.7 Å². The van der Waals surface area contributed by atoms with Crippen LogP contribution in [0.1, 0.15) is 0 Å². The second kappa shape index (κ2) is 3.90. The van der Waals surface area contributed by atoms with Crippen molar-refractivity contribution in [1.29, 1.82) is 0 Å². The van der Waals surface area contributed by atoms with E-state index in [0.717, 1.165) is 12.1 Å². The summed E-state index contributed by atoms with van der Waals surface area (Å²) in [6, 6.07) is 4.77. The van der Waals surface area contributed by atoms with E-state index in [1.807, 2.05) is 0 Å². The molecule has 76 valence electrons. The van der Waals surface area contributed by atoms with Crippen molar-refractivity contribution in [3.05, 3.63) is 47.4 Å². The maximum atomic E-state index is 13.3. The van der Waals surface area contributed by atoms with Crippen molar-refractivity contribution in [1.82, 2.24) is 9.97 Å². The highest BCUT2D eigenvalue weighted by molar-refractivity contribution is 6.28. The van der Waals surface area contributed by atoms with Crippen LogP contribution in [0.4, 0.5) is 8.78 Å². The Kier molecular flexibility index (Phi) is 2.60. The van der Waals surface area contributed by atoms with Gasteiger partial charge in [0.25, 0.3) is 0 Å². The Balaban J connectivity index is 2.54. The molecule has 1 aromatic heterocycles. The van der Waals surface area contributed by atoms with E-state index in [0.29, 0.717) is 5.69 Å². The molecule has 5 heteroatoms. The van der Waals surface area contributed by atoms with E-state index in [1.165, 1.54) is 18.3 Å². The van der Waals surface area contributed by atoms with Crippen LogP contribution in [-0.4, -0.2) is 9.97 Å². The van der Waals surface area contributed by atoms with Crippen molar-refractivity contribution < 1.29 is 8.78 Å². The molecule has 0 radical (unpaired) electrons. The Morgan fingerprint density at radius 3 is 2.60 bits per heavy atom. The molecule has 0 atom stereocenters. The second-order valence-corrected chi connectivity index (χ2v) is 3.17. The largest absolute Gasteiger partial charge is 0.226 e. The lowest BCUT2D eigenvalue weighted by Gasteiger charge is -2.02. The van der Waals surface area contributed by atoms with Gasteiger partial charge in [-0.1, -0.05) is 0 Å². The Morgan fingerprint density at radius 1 is 1.13 bits per heavy atom. The molecule has 0 saturated heterocycles. The minimum Gasteiger partial charge on any atom is -0.226 e. The Labute approximate surface area is 89.6 Å². The lowest BCUT2D eigenvalue weighted by Crippen LogP contribution is -1.90. The van der Waals surface area contributed by atoms with Gasteiger partial charge in [0.1, 0.15) is 11.6 Å². The van der Waals surface area contributed by atoms with Crippen molar-refractivity contribution in [3.63, 3.8) is 0 Å². The maximum Gasteiger partial charge on any atom is 0.222 e. The van der Waals surface area contributed by atoms with E-state index in [9.17, 15) is 8.78 Å². The quantitative estimate of drug-likeness (QED) is 0.699. The van der Waals surface area contributed by atoms with Gasteiger partial charge in [0.05, 0.1) is 5.69 Å². The van der Waals surface area contributed by atoms with Crippen LogP contribution < -0.4 is 0 Å². The zero-order valence-corrected chi connectivity index (χ0v) is 8.17. The third-order valence-electron chi connectivity index (χ3n) is 1.83. The third kappa shape index (κ3) is 2.10. The van der Waals surface area contributed by atoms with Gasteiger partial charge in [-0.05, 0) is 29.8 Å². The maximum absolute atomic E-state index is 13.3. The first-order valence-corrected chi connectivity index (χ1v) is 4.48. The number of aromatic nitrogens is 2. The molecule has 2 rings (SSSR count). The van der Waals surface area contributed by atoms with Gasteiger partial charge in [0.15, 0.2) is 0 Å². The molecule has 0 aliphatic rings. The summed E-state index contributed by atoms with van der Waals surface area (Å²) in [5, 5.41) is 0.0243. The summed E-state index contributed by atoms with van der Waals surface area (Å²) in [4.78, 5) is 7.50. The average Bonchev–Trinajstić information content (AvgIpc) is 2.17. The van der Waals surface area contributed by atoms with Crippen molar-refractivity contribution in [2.24, 2.45) is 0 Å². The second-order valence-electron chi connectivity index (χ2n) is 2.84. The van der Waals surface area contributed by atoms with E-state index in [2.05, 4.69) is 9.97 Å². The van der Waals surface area contributed by atoms with Crippen molar-refractivity contribution in [2.45, 2.75) is 0 Å². The molecule has 0 unspecified atom stereocenters. The highest BCUT2D eigenvalue weighted by Crippen LogP contribution is 2.21. The molecule has 0 saturated carbocycles. The molecule has 0 fully saturated rings. The molecule has 0 spiro atoms. The molecule has 1 heterocycles. The molecule has 0 aliphatic heterocycles. The average molecular weight is 227 g/mol. The summed E-state index contributed by atoms with van der Waals surface area (Å²) in [6.07, 6.45) is 1.41. The summed E-state index contributed by atoms with van der Waals surface area (Å²) in [7, 11) is 0. The van der Waals surface area contributed by atoms with Crippen LogP contribution in [0, 0.1) is 11.6 Å². The first-order chi connectivity index (χ1) is 7.16. The molecule has 1 aromatic carbocycles. The standard InChI is InChI=1S/C10H5ClF2N2/c11-10-14-4-3-9(15-10)7-2-1-6(12)5-8(7)13/h1-5H. The summed E-state index contributed by atoms with van der Waals surface area (Å²) in [6.45, 7) is 0. The van der Waals surface area contributed by atoms with E-state index in [1.54, 1.807) is 0 Å². The van der Waals surface area contributed by atoms with Gasteiger partial charge < -0.3 is 0 Å². The number of benzene rings is 1. The van der Waals surface area contributed by atoms with Gasteiger partial charge in [0, 0.05) is 17.8 Å². The molecular weight excluding hydrogens is 222 g/mol. The fourth-order valence-corrected chi connectivity index (χ4v) is 1.33. The SMILES string of the molecule is Fc1ccc(-c2ccnc(Cl)n2)c(F)c1. The minimum absolute atomic E-state index is 0.0243. The van der Waals surface area contributed by atoms with E-state index >= 15 is 0 Å². The number of hydrogen-bond acceptors (Lipinski definition) is 2. The first-order valence-electron chi connectivity index (χ1n) is 4.11. The van der Waals surface area contributed by atoms with Gasteiger partial charge >= 0.3 is 0 Å². The lowest BCUT2D eigenvalue weighted by atomic mass is 10.1. The van der Waals surface area contributed by atoms with Gasteiger partial charge in [-0.15, -0.1) is 0 Å².